The number of aromatic nitrogens is 6. The third kappa shape index (κ3) is 15.8. The molecule has 9 rings (SSSR count). The van der Waals surface area contributed by atoms with Gasteiger partial charge in [0.2, 0.25) is 0 Å². The Kier molecular flexibility index (Phi) is 20.4. The van der Waals surface area contributed by atoms with Crippen molar-refractivity contribution in [1.29, 1.82) is 0 Å². The number of ether oxygens (including phenoxy) is 1. The van der Waals surface area contributed by atoms with E-state index in [9.17, 15) is 25.3 Å². The molecule has 13 nitrogen and oxygen atoms in total. The van der Waals surface area contributed by atoms with Gasteiger partial charge in [0.15, 0.2) is 19.7 Å². The topological polar surface area (TPSA) is 173 Å². The average Bonchev–Trinajstić information content (AvgIpc) is 4.26. The number of benzene rings is 7. The summed E-state index contributed by atoms with van der Waals surface area (Å²) in [6.07, 6.45) is 12.3. The molecular formula is C63H75BiN6O7S3. The maximum absolute atomic E-state index is 14.3. The Bertz CT molecular complexity index is 3710. The summed E-state index contributed by atoms with van der Waals surface area (Å²) in [5.41, 5.74) is 3.84. The molecule has 7 aromatic carbocycles. The van der Waals surface area contributed by atoms with E-state index in [0.29, 0.717) is 64.1 Å². The Hall–Kier alpha value is -5.45. The first kappa shape index (κ1) is 59.2. The Labute approximate surface area is 481 Å². The third-order valence-corrected chi connectivity index (χ3v) is 30.9. The molecule has 3 atom stereocenters. The van der Waals surface area contributed by atoms with Gasteiger partial charge in [-0.3, -0.25) is 4.68 Å². The first-order chi connectivity index (χ1) is 38.6. The Morgan fingerprint density at radius 1 is 0.537 bits per heavy atom. The van der Waals surface area contributed by atoms with Crippen LogP contribution < -0.4 is 9.81 Å². The van der Waals surface area contributed by atoms with Gasteiger partial charge in [0.1, 0.15) is 15.5 Å². The summed E-state index contributed by atoms with van der Waals surface area (Å²) in [7, 11) is -11.6. The Morgan fingerprint density at radius 3 is 1.79 bits per heavy atom. The summed E-state index contributed by atoms with van der Waals surface area (Å²) in [6.45, 7) is 5.83. The molecule has 0 amide bonds. The van der Waals surface area contributed by atoms with Gasteiger partial charge in [0, 0.05) is 19.4 Å². The molecule has 0 spiro atoms. The predicted octanol–water partition coefficient (Wildman–Crippen LogP) is 9.97. The van der Waals surface area contributed by atoms with Crippen LogP contribution in [-0.4, -0.2) is 118 Å². The van der Waals surface area contributed by atoms with Crippen LogP contribution in [0, 0.1) is 5.92 Å². The maximum atomic E-state index is 14.3. The molecule has 0 aliphatic carbocycles. The van der Waals surface area contributed by atoms with Gasteiger partial charge in [0.05, 0.1) is 40.6 Å². The van der Waals surface area contributed by atoms with Gasteiger partial charge in [-0.05, 0) is 76.4 Å². The van der Waals surface area contributed by atoms with Crippen molar-refractivity contribution in [2.45, 2.75) is 121 Å². The van der Waals surface area contributed by atoms with Crippen LogP contribution in [0.3, 0.4) is 0 Å². The fraction of sp³-hybridized carbons (Fsp3) is 0.397. The van der Waals surface area contributed by atoms with Crippen molar-refractivity contribution in [2.75, 3.05) is 30.1 Å². The van der Waals surface area contributed by atoms with E-state index in [0.717, 1.165) is 49.6 Å². The van der Waals surface area contributed by atoms with Gasteiger partial charge in [-0.1, -0.05) is 92.9 Å². The van der Waals surface area contributed by atoms with Gasteiger partial charge in [-0.25, -0.2) is 25.3 Å². The van der Waals surface area contributed by atoms with Crippen LogP contribution in [0.5, 0.6) is 0 Å². The van der Waals surface area contributed by atoms with Crippen molar-refractivity contribution in [3.63, 3.8) is 0 Å². The van der Waals surface area contributed by atoms with Gasteiger partial charge in [0.25, 0.3) is 0 Å². The summed E-state index contributed by atoms with van der Waals surface area (Å²) < 4.78 is 95.4. The van der Waals surface area contributed by atoms with E-state index < -0.39 is 73.3 Å². The molecular weight excluding hydrogens is 1260 g/mol. The van der Waals surface area contributed by atoms with Crippen molar-refractivity contribution >= 4 is 93.4 Å². The molecule has 80 heavy (non-hydrogen) atoms. The molecule has 2 heterocycles. The number of rotatable bonds is 32. The second-order valence-electron chi connectivity index (χ2n) is 21.7. The fourth-order valence-corrected chi connectivity index (χ4v) is 27.0. The summed E-state index contributed by atoms with van der Waals surface area (Å²) in [5, 5.41) is 22.9. The molecule has 9 aromatic rings. The van der Waals surface area contributed by atoms with E-state index in [1.54, 1.807) is 4.68 Å². The first-order valence-corrected chi connectivity index (χ1v) is 39.0. The van der Waals surface area contributed by atoms with E-state index in [1.807, 2.05) is 30.9 Å². The minimum atomic E-state index is -4.09. The van der Waals surface area contributed by atoms with Crippen LogP contribution >= 0.6 is 0 Å². The molecule has 0 aliphatic rings. The summed E-state index contributed by atoms with van der Waals surface area (Å²) in [6, 6.07) is 50.2. The van der Waals surface area contributed by atoms with Crippen LogP contribution in [-0.2, 0) is 60.4 Å². The molecule has 0 bridgehead atoms. The number of unbranched alkanes of at least 4 members (excludes halogenated alkanes) is 4. The number of sulfone groups is 3. The number of aryl methyl sites for hydroxylation is 3. The normalized spacial score (nSPS) is 13.7. The standard InChI is InChI=1S/C51H65N6O7S3.2C6H5.Bi/c1-4-5-22-46(37-65(3,58)59)67(62,63)38-47(66(60,61)36-39(2)16-9-12-31-57-34-49(53-55-57)41-18-7-6-8-19-41)23-10-13-30-56-33-45(52-54-56)35-64-32-14-11-17-40-24-25-44-27-26-42-20-15-21-43-28-29-48(40)51(44)50(42)43;2*1-2-4-6-5-3-1;/h7-8,15,18-21,24-29,33-34,39,46-47H,4-5,9-14,16-17,22-23,30-32,35-38H2,1-3H3;2*1-5H;. The van der Waals surface area contributed by atoms with E-state index in [1.165, 1.54) is 47.7 Å². The molecule has 0 fully saturated rings. The van der Waals surface area contributed by atoms with E-state index in [2.05, 4.69) is 160 Å². The Morgan fingerprint density at radius 2 is 1.11 bits per heavy atom. The zero-order valence-electron chi connectivity index (χ0n) is 46.3. The quantitative estimate of drug-likeness (QED) is 0.0223. The van der Waals surface area contributed by atoms with Crippen molar-refractivity contribution in [2.24, 2.45) is 5.92 Å². The third-order valence-electron chi connectivity index (χ3n) is 15.2. The SMILES string of the molecule is CCCCC(CS(C)(=O)=O)S(=O)(=O)CC(CCCCn1cc(COCCCCc2ccc3ccc4cccc5ccc2c3c45)nn1)S(=O)(=O)CC(C)CCCCn1cc(-c2cc[c]([Bi]([c]3ccccc3)[c]3ccccc3)cc2)nn1. The van der Waals surface area contributed by atoms with Crippen molar-refractivity contribution in [3.8, 4) is 11.3 Å². The first-order valence-electron chi connectivity index (χ1n) is 28.3. The van der Waals surface area contributed by atoms with Crippen LogP contribution in [0.15, 0.2) is 152 Å². The number of nitrogens with zero attached hydrogens (tertiary/aromatic N) is 6. The summed E-state index contributed by atoms with van der Waals surface area (Å²) >= 11 is -2.48. The van der Waals surface area contributed by atoms with Crippen LogP contribution in [0.2, 0.25) is 0 Å². The Balaban J connectivity index is 0.743. The minimum absolute atomic E-state index is 0.133. The van der Waals surface area contributed by atoms with Crippen LogP contribution in [0.1, 0.15) is 95.7 Å². The zero-order valence-corrected chi connectivity index (χ0v) is 52.2. The molecule has 0 saturated heterocycles. The molecule has 3 unspecified atom stereocenters. The fourth-order valence-electron chi connectivity index (χ4n) is 11.1. The van der Waals surface area contributed by atoms with E-state index in [4.69, 9.17) is 4.74 Å². The monoisotopic (exact) mass is 1330 g/mol. The summed E-state index contributed by atoms with van der Waals surface area (Å²) in [5.74, 6) is -1.51. The molecule has 2 aromatic heterocycles. The van der Waals surface area contributed by atoms with Gasteiger partial charge >= 0.3 is 181 Å². The van der Waals surface area contributed by atoms with Gasteiger partial charge in [-0.2, -0.15) is 0 Å². The number of hydrogen-bond acceptors (Lipinski definition) is 11. The molecule has 0 aliphatic heterocycles. The van der Waals surface area contributed by atoms with E-state index in [-0.39, 0.29) is 24.5 Å². The van der Waals surface area contributed by atoms with Gasteiger partial charge < -0.3 is 4.74 Å². The van der Waals surface area contributed by atoms with Crippen LogP contribution in [0.4, 0.5) is 0 Å². The molecule has 422 valence electrons. The predicted molar refractivity (Wildman–Crippen MR) is 327 cm³/mol. The average molecular weight is 1330 g/mol. The van der Waals surface area contributed by atoms with E-state index >= 15 is 0 Å². The zero-order chi connectivity index (χ0) is 56.1. The van der Waals surface area contributed by atoms with Crippen molar-refractivity contribution in [3.05, 3.63) is 163 Å². The molecule has 17 heteroatoms. The van der Waals surface area contributed by atoms with Crippen molar-refractivity contribution < 1.29 is 30.0 Å². The van der Waals surface area contributed by atoms with Crippen LogP contribution in [0.25, 0.3) is 43.6 Å². The second kappa shape index (κ2) is 27.5. The van der Waals surface area contributed by atoms with Gasteiger partial charge in [-0.15, -0.1) is 5.10 Å². The van der Waals surface area contributed by atoms with Crippen molar-refractivity contribution in [1.82, 2.24) is 30.0 Å². The molecule has 0 saturated carbocycles. The second-order valence-corrected chi connectivity index (χ2v) is 37.2. The number of hydrogen-bond donors (Lipinski definition) is 0. The summed E-state index contributed by atoms with van der Waals surface area (Å²) in [4.78, 5) is 0. The molecule has 0 radical (unpaired) electrons. The molecule has 0 N–H and O–H groups in total.